The number of methoxy groups -OCH3 is 1. The van der Waals surface area contributed by atoms with E-state index >= 15 is 0 Å². The Balaban J connectivity index is 2.55. The molecule has 1 aromatic rings. The summed E-state index contributed by atoms with van der Waals surface area (Å²) in [4.78, 5) is 36.8. The van der Waals surface area contributed by atoms with E-state index in [1.807, 2.05) is 0 Å². The van der Waals surface area contributed by atoms with Crippen molar-refractivity contribution in [2.75, 3.05) is 20.3 Å². The van der Waals surface area contributed by atoms with Gasteiger partial charge in [-0.25, -0.2) is 0 Å². The molecule has 1 unspecified atom stereocenters. The van der Waals surface area contributed by atoms with Crippen molar-refractivity contribution in [2.24, 2.45) is 5.41 Å². The zero-order valence-electron chi connectivity index (χ0n) is 15.2. The molecule has 1 atom stereocenters. The Hall–Kier alpha value is -2.57. The third kappa shape index (κ3) is 3.81. The molecule has 7 nitrogen and oxygen atoms in total. The number of benzene rings is 1. The smallest absolute Gasteiger partial charge is 0.323 e. The molecule has 0 fully saturated rings. The summed E-state index contributed by atoms with van der Waals surface area (Å²) in [6.07, 6.45) is -0.0715. The second-order valence-electron chi connectivity index (χ2n) is 6.26. The maximum Gasteiger partial charge on any atom is 0.323 e. The minimum atomic E-state index is -1.53. The molecule has 0 radical (unpaired) electrons. The molecule has 142 valence electrons. The van der Waals surface area contributed by atoms with Crippen LogP contribution in [0.5, 0.6) is 5.75 Å². The van der Waals surface area contributed by atoms with E-state index in [2.05, 4.69) is 0 Å². The topological polar surface area (TPSA) is 99.1 Å². The summed E-state index contributed by atoms with van der Waals surface area (Å²) in [7, 11) is 1.53. The van der Waals surface area contributed by atoms with Crippen LogP contribution in [0.3, 0.4) is 0 Å². The van der Waals surface area contributed by atoms with Gasteiger partial charge < -0.3 is 19.3 Å². The number of ether oxygens (including phenoxy) is 3. The normalized spacial score (nSPS) is 17.7. The first kappa shape index (κ1) is 19.8. The van der Waals surface area contributed by atoms with Crippen LogP contribution in [-0.2, 0) is 30.3 Å². The molecule has 0 spiro atoms. The average Bonchev–Trinajstić information content (AvgIpc) is 2.61. The fraction of sp³-hybridized carbons (Fsp3) is 0.526. The second-order valence-corrected chi connectivity index (χ2v) is 6.26. The van der Waals surface area contributed by atoms with E-state index in [-0.39, 0.29) is 32.5 Å². The number of esters is 2. The van der Waals surface area contributed by atoms with Crippen molar-refractivity contribution in [3.8, 4) is 5.75 Å². The van der Waals surface area contributed by atoms with Crippen LogP contribution in [-0.4, -0.2) is 43.3 Å². The zero-order chi connectivity index (χ0) is 19.3. The van der Waals surface area contributed by atoms with E-state index in [0.29, 0.717) is 5.75 Å². The third-order valence-electron chi connectivity index (χ3n) is 4.63. The number of carboxylic acids is 1. The summed E-state index contributed by atoms with van der Waals surface area (Å²) in [5.41, 5.74) is -0.0337. The molecule has 0 saturated carbocycles. The van der Waals surface area contributed by atoms with Crippen molar-refractivity contribution in [3.63, 3.8) is 0 Å². The molecule has 2 rings (SSSR count). The lowest BCUT2D eigenvalue weighted by Crippen LogP contribution is -2.47. The monoisotopic (exact) mass is 364 g/mol. The van der Waals surface area contributed by atoms with E-state index < -0.39 is 29.2 Å². The summed E-state index contributed by atoms with van der Waals surface area (Å²) < 4.78 is 15.5. The van der Waals surface area contributed by atoms with Gasteiger partial charge in [-0.05, 0) is 55.9 Å². The van der Waals surface area contributed by atoms with Crippen LogP contribution in [0.25, 0.3) is 0 Å². The molecule has 0 aliphatic heterocycles. The molecule has 1 N–H and O–H groups in total. The van der Waals surface area contributed by atoms with Crippen LogP contribution in [0.1, 0.15) is 43.7 Å². The number of hydrogen-bond donors (Lipinski definition) is 1. The van der Waals surface area contributed by atoms with Gasteiger partial charge in [0.25, 0.3) is 0 Å². The van der Waals surface area contributed by atoms with Crippen LogP contribution in [0.15, 0.2) is 18.2 Å². The number of aliphatic carboxylic acids is 1. The van der Waals surface area contributed by atoms with Crippen LogP contribution >= 0.6 is 0 Å². The highest BCUT2D eigenvalue weighted by Crippen LogP contribution is 2.46. The van der Waals surface area contributed by atoms with E-state index in [1.54, 1.807) is 32.0 Å². The van der Waals surface area contributed by atoms with E-state index in [0.717, 1.165) is 11.1 Å². The van der Waals surface area contributed by atoms with Crippen molar-refractivity contribution in [1.82, 2.24) is 0 Å². The van der Waals surface area contributed by atoms with Gasteiger partial charge in [-0.3, -0.25) is 14.4 Å². The number of rotatable bonds is 7. The van der Waals surface area contributed by atoms with Gasteiger partial charge in [-0.15, -0.1) is 0 Å². The summed E-state index contributed by atoms with van der Waals surface area (Å²) in [6.45, 7) is 3.57. The maximum atomic E-state index is 12.7. The number of carboxylic acid groups (broad SMARTS) is 1. The van der Waals surface area contributed by atoms with Gasteiger partial charge in [-0.1, -0.05) is 6.07 Å². The summed E-state index contributed by atoms with van der Waals surface area (Å²) in [6, 6.07) is 5.25. The predicted octanol–water partition coefficient (Wildman–Crippen LogP) is 2.31. The minimum Gasteiger partial charge on any atom is -0.497 e. The molecule has 26 heavy (non-hydrogen) atoms. The van der Waals surface area contributed by atoms with Crippen LogP contribution in [0.4, 0.5) is 0 Å². The molecule has 1 aromatic carbocycles. The predicted molar refractivity (Wildman–Crippen MR) is 92.0 cm³/mol. The van der Waals surface area contributed by atoms with E-state index in [1.165, 1.54) is 7.11 Å². The van der Waals surface area contributed by atoms with E-state index in [9.17, 15) is 19.5 Å². The van der Waals surface area contributed by atoms with Crippen molar-refractivity contribution in [3.05, 3.63) is 29.3 Å². The number of hydrogen-bond acceptors (Lipinski definition) is 6. The SMILES string of the molecule is CCOC(=O)C1(C(=O)OCC)Cc2ccc(OC)cc2C(CC(=O)O)C1. The molecular weight excluding hydrogens is 340 g/mol. The van der Waals surface area contributed by atoms with Gasteiger partial charge >= 0.3 is 17.9 Å². The van der Waals surface area contributed by atoms with Gasteiger partial charge in [0.15, 0.2) is 5.41 Å². The first-order valence-corrected chi connectivity index (χ1v) is 8.61. The molecule has 1 aliphatic carbocycles. The minimum absolute atomic E-state index is 0.0249. The number of fused-ring (bicyclic) bond motifs is 1. The third-order valence-corrected chi connectivity index (χ3v) is 4.63. The average molecular weight is 364 g/mol. The lowest BCUT2D eigenvalue weighted by atomic mass is 9.66. The Morgan fingerprint density at radius 1 is 1.15 bits per heavy atom. The Labute approximate surface area is 152 Å². The lowest BCUT2D eigenvalue weighted by Gasteiger charge is -2.37. The van der Waals surface area contributed by atoms with Gasteiger partial charge in [-0.2, -0.15) is 0 Å². The van der Waals surface area contributed by atoms with Gasteiger partial charge in [0.1, 0.15) is 5.75 Å². The Morgan fingerprint density at radius 2 is 1.77 bits per heavy atom. The second kappa shape index (κ2) is 8.21. The lowest BCUT2D eigenvalue weighted by molar-refractivity contribution is -0.174. The van der Waals surface area contributed by atoms with Crippen molar-refractivity contribution in [2.45, 2.75) is 39.0 Å². The highest BCUT2D eigenvalue weighted by Gasteiger charge is 2.53. The zero-order valence-corrected chi connectivity index (χ0v) is 15.2. The van der Waals surface area contributed by atoms with Gasteiger partial charge in [0, 0.05) is 0 Å². The summed E-state index contributed by atoms with van der Waals surface area (Å²) >= 11 is 0. The number of carbonyl (C=O) groups is 3. The Morgan fingerprint density at radius 3 is 2.27 bits per heavy atom. The molecule has 0 saturated heterocycles. The molecular formula is C19H24O7. The molecule has 0 amide bonds. The fourth-order valence-electron chi connectivity index (χ4n) is 3.49. The highest BCUT2D eigenvalue weighted by molar-refractivity contribution is 6.01. The molecule has 0 bridgehead atoms. The highest BCUT2D eigenvalue weighted by atomic mass is 16.6. The molecule has 0 aromatic heterocycles. The van der Waals surface area contributed by atoms with Crippen LogP contribution in [0, 0.1) is 5.41 Å². The largest absolute Gasteiger partial charge is 0.497 e. The first-order chi connectivity index (χ1) is 12.4. The molecule has 1 aliphatic rings. The maximum absolute atomic E-state index is 12.7. The summed E-state index contributed by atoms with van der Waals surface area (Å²) in [5, 5.41) is 9.31. The standard InChI is InChI=1S/C19H24O7/c1-4-25-17(22)19(18(23)26-5-2)10-12-6-7-14(24-3)9-15(12)13(11-19)8-16(20)21/h6-7,9,13H,4-5,8,10-11H2,1-3H3,(H,20,21). The van der Waals surface area contributed by atoms with E-state index in [4.69, 9.17) is 14.2 Å². The fourth-order valence-corrected chi connectivity index (χ4v) is 3.49. The number of carbonyl (C=O) groups excluding carboxylic acids is 2. The van der Waals surface area contributed by atoms with Crippen LogP contribution in [0.2, 0.25) is 0 Å². The molecule has 7 heteroatoms. The first-order valence-electron chi connectivity index (χ1n) is 8.61. The van der Waals surface area contributed by atoms with Crippen LogP contribution < -0.4 is 4.74 Å². The molecule has 0 heterocycles. The summed E-state index contributed by atoms with van der Waals surface area (Å²) in [5.74, 6) is -2.28. The Kier molecular flexibility index (Phi) is 6.23. The van der Waals surface area contributed by atoms with Gasteiger partial charge in [0.05, 0.1) is 26.7 Å². The van der Waals surface area contributed by atoms with Gasteiger partial charge in [0.2, 0.25) is 0 Å². The van der Waals surface area contributed by atoms with Crippen molar-refractivity contribution in [1.29, 1.82) is 0 Å². The van der Waals surface area contributed by atoms with Crippen molar-refractivity contribution < 1.29 is 33.7 Å². The quantitative estimate of drug-likeness (QED) is 0.585. The van der Waals surface area contributed by atoms with Crippen molar-refractivity contribution >= 4 is 17.9 Å². The Bertz CT molecular complexity index is 677.